The van der Waals surface area contributed by atoms with Crippen LogP contribution in [0.2, 0.25) is 0 Å². The normalized spacial score (nSPS) is 14.8. The Bertz CT molecular complexity index is 1310. The molecule has 1 saturated heterocycles. The van der Waals surface area contributed by atoms with Gasteiger partial charge in [0, 0.05) is 41.8 Å². The number of nitrogens with one attached hydrogen (secondary N) is 1. The van der Waals surface area contributed by atoms with Crippen molar-refractivity contribution in [3.8, 4) is 11.4 Å². The molecule has 5 rings (SSSR count). The molecule has 4 aromatic rings. The molecular formula is C23H22N4O3S. The Morgan fingerprint density at radius 3 is 2.58 bits per heavy atom. The summed E-state index contributed by atoms with van der Waals surface area (Å²) in [4.78, 5) is 15.0. The van der Waals surface area contributed by atoms with E-state index in [1.807, 2.05) is 30.5 Å². The Labute approximate surface area is 180 Å². The van der Waals surface area contributed by atoms with Gasteiger partial charge in [0.25, 0.3) is 0 Å². The molecule has 0 bridgehead atoms. The molecule has 3 heterocycles. The Hall–Kier alpha value is -3.23. The summed E-state index contributed by atoms with van der Waals surface area (Å²) in [6.07, 6.45) is 1.89. The van der Waals surface area contributed by atoms with Crippen LogP contribution in [0.3, 0.4) is 0 Å². The summed E-state index contributed by atoms with van der Waals surface area (Å²) in [5, 5.41) is 1.05. The van der Waals surface area contributed by atoms with E-state index in [1.54, 1.807) is 36.4 Å². The number of anilines is 1. The largest absolute Gasteiger partial charge is 0.378 e. The zero-order valence-electron chi connectivity index (χ0n) is 16.9. The number of H-pyrrole nitrogens is 1. The van der Waals surface area contributed by atoms with Gasteiger partial charge in [-0.2, -0.15) is 0 Å². The van der Waals surface area contributed by atoms with Crippen LogP contribution in [-0.4, -0.2) is 49.7 Å². The van der Waals surface area contributed by atoms with Crippen molar-refractivity contribution in [3.63, 3.8) is 0 Å². The van der Waals surface area contributed by atoms with E-state index in [-0.39, 0.29) is 10.6 Å². The first kappa shape index (κ1) is 19.7. The topological polar surface area (TPSA) is 88.2 Å². The van der Waals surface area contributed by atoms with Gasteiger partial charge in [0.2, 0.25) is 0 Å². The summed E-state index contributed by atoms with van der Waals surface area (Å²) in [5.41, 5.74) is 2.35. The van der Waals surface area contributed by atoms with Crippen LogP contribution in [0.25, 0.3) is 22.3 Å². The molecule has 1 aliphatic heterocycles. The summed E-state index contributed by atoms with van der Waals surface area (Å²) in [6.45, 7) is 2.65. The molecule has 1 fully saturated rings. The number of fused-ring (bicyclic) bond motifs is 1. The number of sulfone groups is 1. The van der Waals surface area contributed by atoms with E-state index in [4.69, 9.17) is 9.72 Å². The van der Waals surface area contributed by atoms with Crippen molar-refractivity contribution >= 4 is 26.6 Å². The van der Waals surface area contributed by atoms with Gasteiger partial charge >= 0.3 is 0 Å². The van der Waals surface area contributed by atoms with Gasteiger partial charge in [-0.15, -0.1) is 0 Å². The molecule has 7 nitrogen and oxygen atoms in total. The molecule has 1 N–H and O–H groups in total. The maximum Gasteiger partial charge on any atom is 0.184 e. The lowest BCUT2D eigenvalue weighted by Gasteiger charge is -2.28. The number of morpholine rings is 1. The molecule has 158 valence electrons. The van der Waals surface area contributed by atoms with E-state index < -0.39 is 9.84 Å². The van der Waals surface area contributed by atoms with Gasteiger partial charge in [-0.25, -0.2) is 18.4 Å². The molecular weight excluding hydrogens is 412 g/mol. The second-order valence-electron chi connectivity index (χ2n) is 7.49. The number of aromatic amines is 1. The monoisotopic (exact) mass is 434 g/mol. The van der Waals surface area contributed by atoms with Crippen LogP contribution in [-0.2, 0) is 20.3 Å². The number of hydrogen-bond acceptors (Lipinski definition) is 6. The van der Waals surface area contributed by atoms with Crippen LogP contribution < -0.4 is 4.90 Å². The average molecular weight is 435 g/mol. The van der Waals surface area contributed by atoms with Gasteiger partial charge in [-0.1, -0.05) is 18.2 Å². The van der Waals surface area contributed by atoms with Gasteiger partial charge in [0.05, 0.1) is 29.6 Å². The Morgan fingerprint density at radius 1 is 0.968 bits per heavy atom. The van der Waals surface area contributed by atoms with Gasteiger partial charge in [-0.3, -0.25) is 0 Å². The van der Waals surface area contributed by atoms with E-state index >= 15 is 0 Å². The third kappa shape index (κ3) is 4.17. The van der Waals surface area contributed by atoms with E-state index in [9.17, 15) is 8.42 Å². The summed E-state index contributed by atoms with van der Waals surface area (Å²) in [7, 11) is -3.52. The molecule has 2 aromatic carbocycles. The Balaban J connectivity index is 1.57. The van der Waals surface area contributed by atoms with Crippen molar-refractivity contribution in [2.75, 3.05) is 31.2 Å². The third-order valence-corrected chi connectivity index (χ3v) is 7.02. The Morgan fingerprint density at radius 2 is 1.77 bits per heavy atom. The number of benzene rings is 2. The maximum absolute atomic E-state index is 13.0. The standard InChI is InChI=1S/C23H22N4O3S/c28-31(29,20-4-2-1-3-5-20)16-19-15-22(27-10-12-30-13-11-27)26-23(25-19)18-6-7-21-17(14-18)8-9-24-21/h1-9,14-15,24H,10-13,16H2. The summed E-state index contributed by atoms with van der Waals surface area (Å²) < 4.78 is 31.4. The zero-order chi connectivity index (χ0) is 21.3. The van der Waals surface area contributed by atoms with E-state index in [2.05, 4.69) is 14.9 Å². The zero-order valence-corrected chi connectivity index (χ0v) is 17.7. The number of ether oxygens (including phenoxy) is 1. The number of nitrogens with zero attached hydrogens (tertiary/aromatic N) is 3. The van der Waals surface area contributed by atoms with E-state index in [1.165, 1.54) is 0 Å². The number of hydrogen-bond donors (Lipinski definition) is 1. The van der Waals surface area contributed by atoms with Crippen molar-refractivity contribution in [1.29, 1.82) is 0 Å². The van der Waals surface area contributed by atoms with Gasteiger partial charge < -0.3 is 14.6 Å². The van der Waals surface area contributed by atoms with Crippen molar-refractivity contribution in [2.24, 2.45) is 0 Å². The van der Waals surface area contributed by atoms with Crippen LogP contribution in [0.1, 0.15) is 5.69 Å². The highest BCUT2D eigenvalue weighted by molar-refractivity contribution is 7.90. The molecule has 8 heteroatoms. The third-order valence-electron chi connectivity index (χ3n) is 5.35. The van der Waals surface area contributed by atoms with Gasteiger partial charge in [0.1, 0.15) is 5.82 Å². The van der Waals surface area contributed by atoms with Gasteiger partial charge in [-0.05, 0) is 36.4 Å². The fourth-order valence-electron chi connectivity index (χ4n) is 3.74. The van der Waals surface area contributed by atoms with E-state index in [0.29, 0.717) is 37.8 Å². The van der Waals surface area contributed by atoms with Crippen molar-refractivity contribution in [2.45, 2.75) is 10.6 Å². The molecule has 0 spiro atoms. The first-order valence-corrected chi connectivity index (χ1v) is 11.8. The molecule has 0 amide bonds. The fourth-order valence-corrected chi connectivity index (χ4v) is 5.01. The van der Waals surface area contributed by atoms with Crippen LogP contribution in [0, 0.1) is 0 Å². The molecule has 0 aliphatic carbocycles. The molecule has 0 radical (unpaired) electrons. The van der Waals surface area contributed by atoms with Crippen molar-refractivity contribution < 1.29 is 13.2 Å². The summed E-state index contributed by atoms with van der Waals surface area (Å²) in [5.74, 6) is 1.06. The molecule has 0 atom stereocenters. The highest BCUT2D eigenvalue weighted by Gasteiger charge is 2.20. The number of rotatable bonds is 5. The lowest BCUT2D eigenvalue weighted by atomic mass is 10.1. The van der Waals surface area contributed by atoms with Crippen LogP contribution >= 0.6 is 0 Å². The Kier molecular flexibility index (Phi) is 5.17. The quantitative estimate of drug-likeness (QED) is 0.518. The minimum Gasteiger partial charge on any atom is -0.378 e. The smallest absolute Gasteiger partial charge is 0.184 e. The first-order valence-electron chi connectivity index (χ1n) is 10.1. The fraction of sp³-hybridized carbons (Fsp3) is 0.217. The second-order valence-corrected chi connectivity index (χ2v) is 9.48. The van der Waals surface area contributed by atoms with Gasteiger partial charge in [0.15, 0.2) is 15.7 Å². The molecule has 31 heavy (non-hydrogen) atoms. The first-order chi connectivity index (χ1) is 15.1. The highest BCUT2D eigenvalue weighted by atomic mass is 32.2. The molecule has 0 saturated carbocycles. The van der Waals surface area contributed by atoms with Crippen LogP contribution in [0.15, 0.2) is 71.8 Å². The predicted octanol–water partition coefficient (Wildman–Crippen LogP) is 3.44. The van der Waals surface area contributed by atoms with Crippen LogP contribution in [0.4, 0.5) is 5.82 Å². The van der Waals surface area contributed by atoms with E-state index in [0.717, 1.165) is 22.3 Å². The highest BCUT2D eigenvalue weighted by Crippen LogP contribution is 2.26. The minimum atomic E-state index is -3.52. The minimum absolute atomic E-state index is 0.184. The summed E-state index contributed by atoms with van der Waals surface area (Å²) in [6, 6.07) is 18.2. The average Bonchev–Trinajstić information content (AvgIpc) is 3.28. The van der Waals surface area contributed by atoms with Crippen molar-refractivity contribution in [3.05, 3.63) is 72.6 Å². The molecule has 2 aromatic heterocycles. The lowest BCUT2D eigenvalue weighted by molar-refractivity contribution is 0.122. The molecule has 0 unspecified atom stereocenters. The lowest BCUT2D eigenvalue weighted by Crippen LogP contribution is -2.37. The van der Waals surface area contributed by atoms with Crippen molar-refractivity contribution in [1.82, 2.24) is 15.0 Å². The number of aromatic nitrogens is 3. The second kappa shape index (κ2) is 8.13. The predicted molar refractivity (Wildman–Crippen MR) is 120 cm³/mol. The molecule has 1 aliphatic rings. The summed E-state index contributed by atoms with van der Waals surface area (Å²) >= 11 is 0. The maximum atomic E-state index is 13.0. The van der Waals surface area contributed by atoms with Crippen LogP contribution in [0.5, 0.6) is 0 Å². The SMILES string of the molecule is O=S(=O)(Cc1cc(N2CCOCC2)nc(-c2ccc3[nH]ccc3c2)n1)c1ccccc1.